The van der Waals surface area contributed by atoms with Crippen LogP contribution in [0.3, 0.4) is 0 Å². The van der Waals surface area contributed by atoms with E-state index in [2.05, 4.69) is 57.2 Å². The summed E-state index contributed by atoms with van der Waals surface area (Å²) in [6.07, 6.45) is 4.46. The van der Waals surface area contributed by atoms with Gasteiger partial charge in [-0.3, -0.25) is 48.2 Å². The van der Waals surface area contributed by atoms with Crippen molar-refractivity contribution in [3.8, 4) is 0 Å². The molecule has 2 bridgehead atoms. The molecule has 0 radical (unpaired) electrons. The van der Waals surface area contributed by atoms with Gasteiger partial charge in [-0.25, -0.2) is 9.78 Å². The number of aromatic amines is 2. The fourth-order valence-electron chi connectivity index (χ4n) is 8.18. The zero-order valence-corrected chi connectivity index (χ0v) is 38.5. The van der Waals surface area contributed by atoms with Crippen molar-refractivity contribution in [2.75, 3.05) is 13.1 Å². The molecule has 2 saturated heterocycles. The van der Waals surface area contributed by atoms with Crippen molar-refractivity contribution in [3.63, 3.8) is 0 Å². The summed E-state index contributed by atoms with van der Waals surface area (Å²) < 4.78 is 0. The Morgan fingerprint density at radius 2 is 1.37 bits per heavy atom. The van der Waals surface area contributed by atoms with Gasteiger partial charge in [0.15, 0.2) is 5.96 Å². The zero-order chi connectivity index (χ0) is 50.3. The molecule has 6 rings (SSSR count). The normalized spacial score (nSPS) is 23.8. The van der Waals surface area contributed by atoms with Crippen LogP contribution in [0.25, 0.3) is 10.9 Å². The van der Waals surface area contributed by atoms with Gasteiger partial charge < -0.3 is 64.4 Å². The van der Waals surface area contributed by atoms with Gasteiger partial charge in [-0.2, -0.15) is 0 Å². The van der Waals surface area contributed by atoms with Crippen molar-refractivity contribution in [1.82, 2.24) is 57.1 Å². The van der Waals surface area contributed by atoms with Crippen LogP contribution in [0.1, 0.15) is 62.3 Å². The number of nitrogens with two attached hydrogens (primary N) is 3. The number of aromatic nitrogens is 3. The van der Waals surface area contributed by atoms with E-state index in [0.717, 1.165) is 10.9 Å². The number of rotatable bonds is 11. The number of hydrogen-bond acceptors (Lipinski definition) is 11. The van der Waals surface area contributed by atoms with Crippen molar-refractivity contribution < 1.29 is 43.2 Å². The van der Waals surface area contributed by atoms with E-state index in [1.165, 1.54) is 19.4 Å². The predicted octanol–water partition coefficient (Wildman–Crippen LogP) is -2.12. The van der Waals surface area contributed by atoms with Crippen molar-refractivity contribution in [1.29, 1.82) is 0 Å². The van der Waals surface area contributed by atoms with Crippen LogP contribution in [0.5, 0.6) is 0 Å². The largest absolute Gasteiger partial charge is 0.370 e. The molecule has 2 aliphatic rings. The maximum Gasteiger partial charge on any atom is 0.325 e. The summed E-state index contributed by atoms with van der Waals surface area (Å²) in [6, 6.07) is 5.61. The number of carbonyl (C=O) groups is 9. The van der Waals surface area contributed by atoms with E-state index in [4.69, 9.17) is 17.2 Å². The molecular weight excluding hydrogens is 907 g/mol. The van der Waals surface area contributed by atoms with E-state index in [1.807, 2.05) is 24.3 Å². The molecule has 2 aromatic carbocycles. The summed E-state index contributed by atoms with van der Waals surface area (Å²) in [7, 11) is 0. The number of nitrogens with one attached hydrogen (secondary N) is 9. The number of carbonyl (C=O) groups excluding carboxylic acids is 9. The minimum atomic E-state index is -1.46. The van der Waals surface area contributed by atoms with Gasteiger partial charge in [0.05, 0.1) is 12.7 Å². The summed E-state index contributed by atoms with van der Waals surface area (Å²) in [5.41, 5.74) is 19.3. The summed E-state index contributed by atoms with van der Waals surface area (Å²) in [5.74, 6) is -6.62. The highest BCUT2D eigenvalue weighted by molar-refractivity contribution is 6.09. The average molecular weight is 966 g/mol. The van der Waals surface area contributed by atoms with Crippen molar-refractivity contribution in [2.24, 2.45) is 22.2 Å². The minimum absolute atomic E-state index is 0.0531. The number of imide groups is 1. The Morgan fingerprint density at radius 3 is 2.07 bits per heavy atom. The molecule has 2 aromatic heterocycles. The Labute approximate surface area is 401 Å². The fourth-order valence-corrected chi connectivity index (χ4v) is 8.18. The van der Waals surface area contributed by atoms with E-state index < -0.39 is 102 Å². The van der Waals surface area contributed by atoms with Gasteiger partial charge in [-0.1, -0.05) is 48.5 Å². The molecule has 2 fully saturated rings. The van der Waals surface area contributed by atoms with Crippen LogP contribution < -0.4 is 54.4 Å². The summed E-state index contributed by atoms with van der Waals surface area (Å²) in [5, 5.41) is 19.4. The maximum absolute atomic E-state index is 14.6. The average Bonchev–Trinajstić information content (AvgIpc) is 4.07. The number of urea groups is 1. The van der Waals surface area contributed by atoms with Crippen LogP contribution in [0.4, 0.5) is 4.79 Å². The molecule has 24 nitrogen and oxygen atoms in total. The lowest BCUT2D eigenvalue weighted by molar-refractivity contribution is -0.138. The molecular formula is C46H59N15O9. The quantitative estimate of drug-likeness (QED) is 0.0332. The van der Waals surface area contributed by atoms with Crippen molar-refractivity contribution in [3.05, 3.63) is 90.1 Å². The molecule has 10 amide bonds. The first kappa shape index (κ1) is 51.1. The molecule has 70 heavy (non-hydrogen) atoms. The van der Waals surface area contributed by atoms with Crippen LogP contribution in [-0.2, 0) is 57.6 Å². The molecule has 4 heterocycles. The number of aliphatic imine (C=N–C) groups is 1. The molecule has 4 aromatic rings. The SMILES string of the molecule is C[C@@H]1C(=O)N[C@@H](Cc2cnc[nH]2)C(=O)N[C@@H](Cc2ccccc2)C(=O)N[C@@H](CCCN=C(N)N)C(=O)N[C@@H](Cc2c[nH]c3ccccc23)C(=O)N[C@H](C(N)=O)CCCCNC(=O)C[C@@H]2NC(=O)N1C2=O. The van der Waals surface area contributed by atoms with Gasteiger partial charge in [-0.15, -0.1) is 0 Å². The maximum atomic E-state index is 14.6. The highest BCUT2D eigenvalue weighted by Crippen LogP contribution is 2.20. The van der Waals surface area contributed by atoms with E-state index in [0.29, 0.717) is 34.6 Å². The number of primary amides is 1. The van der Waals surface area contributed by atoms with Gasteiger partial charge in [0.2, 0.25) is 41.4 Å². The molecule has 2 aliphatic heterocycles. The Hall–Kier alpha value is -8.31. The molecule has 0 spiro atoms. The number of imidazole rings is 1. The minimum Gasteiger partial charge on any atom is -0.370 e. The number of H-pyrrole nitrogens is 2. The summed E-state index contributed by atoms with van der Waals surface area (Å²) >= 11 is 0. The third kappa shape index (κ3) is 13.9. The van der Waals surface area contributed by atoms with Gasteiger partial charge in [0.25, 0.3) is 5.91 Å². The standard InChI is InChI=1S/C46H59N15O9/c1-25-39(64)57-35(20-28-23-50-24-54-28)43(68)58-33(18-26-10-3-2-4-11-26)41(66)56-32(15-9-17-52-45(48)49)40(65)59-34(19-27-22-53-30-13-6-5-12-29(27)30)42(67)55-31(38(47)63)14-7-8-16-51-37(62)21-36-44(69)61(25)46(70)60-36/h2-6,10-13,22-25,31-36,53H,7-9,14-21H2,1H3,(H2,47,63)(H,50,54)(H,51,62)(H,55,67)(H,56,66)(H,57,64)(H,58,68)(H,59,65)(H,60,70)(H4,48,49,52)/t25-,31+,32+,33+,34+,35+,36+/m1/s1. The van der Waals surface area contributed by atoms with E-state index in [1.54, 1.807) is 36.5 Å². The van der Waals surface area contributed by atoms with E-state index in [9.17, 15) is 43.2 Å². The lowest BCUT2D eigenvalue weighted by Gasteiger charge is -2.28. The predicted molar refractivity (Wildman–Crippen MR) is 253 cm³/mol. The summed E-state index contributed by atoms with van der Waals surface area (Å²) in [4.78, 5) is 139. The van der Waals surface area contributed by atoms with Gasteiger partial charge in [0.1, 0.15) is 42.3 Å². The second kappa shape index (κ2) is 24.1. The smallest absolute Gasteiger partial charge is 0.325 e. The van der Waals surface area contributed by atoms with E-state index >= 15 is 0 Å². The third-order valence-electron chi connectivity index (χ3n) is 11.9. The number of benzene rings is 2. The van der Waals surface area contributed by atoms with Crippen LogP contribution >= 0.6 is 0 Å². The number of para-hydroxylation sites is 1. The lowest BCUT2D eigenvalue weighted by atomic mass is 10.0. The highest BCUT2D eigenvalue weighted by Gasteiger charge is 2.44. The summed E-state index contributed by atoms with van der Waals surface area (Å²) in [6.45, 7) is 1.44. The Balaban J connectivity index is 1.35. The second-order valence-corrected chi connectivity index (χ2v) is 17.1. The van der Waals surface area contributed by atoms with Crippen LogP contribution in [0, 0.1) is 0 Å². The lowest BCUT2D eigenvalue weighted by Crippen LogP contribution is -2.60. The van der Waals surface area contributed by atoms with Crippen molar-refractivity contribution in [2.45, 2.75) is 107 Å². The molecule has 0 aliphatic carbocycles. The molecule has 7 atom stereocenters. The number of fused-ring (bicyclic) bond motifs is 3. The first-order valence-corrected chi connectivity index (χ1v) is 22.9. The zero-order valence-electron chi connectivity index (χ0n) is 38.5. The number of nitrogens with zero attached hydrogens (tertiary/aromatic N) is 3. The molecule has 15 N–H and O–H groups in total. The molecule has 372 valence electrons. The monoisotopic (exact) mass is 965 g/mol. The van der Waals surface area contributed by atoms with Crippen LogP contribution in [-0.4, -0.2) is 134 Å². The molecule has 0 unspecified atom stereocenters. The molecule has 24 heteroatoms. The number of hydrogen-bond donors (Lipinski definition) is 12. The van der Waals surface area contributed by atoms with Gasteiger partial charge >= 0.3 is 6.03 Å². The Morgan fingerprint density at radius 1 is 0.729 bits per heavy atom. The first-order valence-electron chi connectivity index (χ1n) is 22.9. The second-order valence-electron chi connectivity index (χ2n) is 17.1. The molecule has 0 saturated carbocycles. The number of amides is 10. The third-order valence-corrected chi connectivity index (χ3v) is 11.9. The van der Waals surface area contributed by atoms with Crippen molar-refractivity contribution >= 4 is 70.2 Å². The van der Waals surface area contributed by atoms with Gasteiger partial charge in [-0.05, 0) is 56.2 Å². The fraction of sp³-hybridized carbons (Fsp3) is 0.413. The van der Waals surface area contributed by atoms with E-state index in [-0.39, 0.29) is 57.6 Å². The van der Waals surface area contributed by atoms with Gasteiger partial charge in [0, 0.05) is 61.3 Å². The van der Waals surface area contributed by atoms with Crippen LogP contribution in [0.2, 0.25) is 0 Å². The first-order chi connectivity index (χ1) is 33.6. The Bertz CT molecular complexity index is 2560. The highest BCUT2D eigenvalue weighted by atomic mass is 16.2. The Kier molecular flexibility index (Phi) is 17.6. The topological polar surface area (TPSA) is 376 Å². The number of guanidine groups is 1. The van der Waals surface area contributed by atoms with Crippen LogP contribution in [0.15, 0.2) is 78.3 Å².